The minimum atomic E-state index is -3.66. The van der Waals surface area contributed by atoms with Gasteiger partial charge in [0.1, 0.15) is 5.75 Å². The van der Waals surface area contributed by atoms with E-state index in [0.29, 0.717) is 13.1 Å². The van der Waals surface area contributed by atoms with Gasteiger partial charge < -0.3 is 4.74 Å². The van der Waals surface area contributed by atoms with Gasteiger partial charge >= 0.3 is 0 Å². The van der Waals surface area contributed by atoms with Crippen LogP contribution >= 0.6 is 0 Å². The van der Waals surface area contributed by atoms with Gasteiger partial charge in [-0.25, -0.2) is 16.8 Å². The first-order chi connectivity index (χ1) is 9.65. The van der Waals surface area contributed by atoms with Crippen LogP contribution in [0.1, 0.15) is 13.8 Å². The highest BCUT2D eigenvalue weighted by Crippen LogP contribution is 2.29. The van der Waals surface area contributed by atoms with Crippen LogP contribution in [0.25, 0.3) is 0 Å². The van der Waals surface area contributed by atoms with E-state index < -0.39 is 20.0 Å². The van der Waals surface area contributed by atoms with Crippen molar-refractivity contribution in [1.82, 2.24) is 4.31 Å². The molecule has 0 aliphatic carbocycles. The third-order valence-electron chi connectivity index (χ3n) is 2.81. The highest BCUT2D eigenvalue weighted by molar-refractivity contribution is 7.92. The molecule has 1 N–H and O–H groups in total. The number of benzene rings is 1. The van der Waals surface area contributed by atoms with Gasteiger partial charge in [0.15, 0.2) is 0 Å². The predicted octanol–water partition coefficient (Wildman–Crippen LogP) is 1.10. The molecule has 0 saturated heterocycles. The van der Waals surface area contributed by atoms with Gasteiger partial charge in [0.25, 0.3) is 0 Å². The zero-order valence-corrected chi connectivity index (χ0v) is 14.1. The summed E-state index contributed by atoms with van der Waals surface area (Å²) in [6.45, 7) is 4.14. The number of hydrogen-bond donors (Lipinski definition) is 1. The Balaban J connectivity index is 3.37. The average molecular weight is 336 g/mol. The first-order valence-electron chi connectivity index (χ1n) is 6.31. The summed E-state index contributed by atoms with van der Waals surface area (Å²) in [6, 6.07) is 4.07. The predicted molar refractivity (Wildman–Crippen MR) is 81.6 cm³/mol. The normalized spacial score (nSPS) is 12.4. The van der Waals surface area contributed by atoms with Crippen molar-refractivity contribution < 1.29 is 21.6 Å². The second-order valence-electron chi connectivity index (χ2n) is 4.33. The molecule has 0 saturated carbocycles. The van der Waals surface area contributed by atoms with Gasteiger partial charge in [-0.05, 0) is 18.2 Å². The van der Waals surface area contributed by atoms with Crippen LogP contribution in [0.4, 0.5) is 5.69 Å². The van der Waals surface area contributed by atoms with Crippen molar-refractivity contribution in [2.75, 3.05) is 31.2 Å². The number of anilines is 1. The Hall–Kier alpha value is -1.32. The molecule has 0 unspecified atom stereocenters. The largest absolute Gasteiger partial charge is 0.495 e. The standard InChI is InChI=1S/C12H20N2O5S2/c1-5-14(6-2)21(17,18)10-7-8-12(19-3)11(9-10)13-20(4,15)16/h7-9,13H,5-6H2,1-4H3. The summed E-state index contributed by atoms with van der Waals surface area (Å²) in [4.78, 5) is 0.0122. The van der Waals surface area contributed by atoms with Crippen LogP contribution in [0.5, 0.6) is 5.75 Å². The van der Waals surface area contributed by atoms with E-state index in [1.807, 2.05) is 0 Å². The first-order valence-corrected chi connectivity index (χ1v) is 9.64. The lowest BCUT2D eigenvalue weighted by Gasteiger charge is -2.19. The van der Waals surface area contributed by atoms with Crippen molar-refractivity contribution >= 4 is 25.7 Å². The van der Waals surface area contributed by atoms with Crippen molar-refractivity contribution in [3.05, 3.63) is 18.2 Å². The van der Waals surface area contributed by atoms with Crippen LogP contribution in [-0.4, -0.2) is 47.6 Å². The molecule has 120 valence electrons. The molecule has 1 rings (SSSR count). The molecule has 0 aromatic heterocycles. The second kappa shape index (κ2) is 6.63. The Morgan fingerprint density at radius 3 is 2.14 bits per heavy atom. The molecule has 0 amide bonds. The highest BCUT2D eigenvalue weighted by atomic mass is 32.2. The maximum atomic E-state index is 12.4. The topological polar surface area (TPSA) is 92.8 Å². The summed E-state index contributed by atoms with van der Waals surface area (Å²) in [5, 5.41) is 0. The van der Waals surface area contributed by atoms with Gasteiger partial charge in [0.05, 0.1) is 23.9 Å². The van der Waals surface area contributed by atoms with E-state index in [-0.39, 0.29) is 16.3 Å². The molecular weight excluding hydrogens is 316 g/mol. The van der Waals surface area contributed by atoms with E-state index >= 15 is 0 Å². The van der Waals surface area contributed by atoms with Gasteiger partial charge in [-0.2, -0.15) is 4.31 Å². The smallest absolute Gasteiger partial charge is 0.243 e. The number of rotatable bonds is 7. The Bertz CT molecular complexity index is 694. The van der Waals surface area contributed by atoms with E-state index in [2.05, 4.69) is 4.72 Å². The molecule has 0 atom stereocenters. The lowest BCUT2D eigenvalue weighted by molar-refractivity contribution is 0.416. The maximum Gasteiger partial charge on any atom is 0.243 e. The van der Waals surface area contributed by atoms with Crippen LogP contribution in [0.2, 0.25) is 0 Å². The van der Waals surface area contributed by atoms with Gasteiger partial charge in [0, 0.05) is 13.1 Å². The molecule has 0 aliphatic heterocycles. The summed E-state index contributed by atoms with van der Waals surface area (Å²) in [6.07, 6.45) is 0.984. The number of ether oxygens (including phenoxy) is 1. The Morgan fingerprint density at radius 1 is 1.14 bits per heavy atom. The van der Waals surface area contributed by atoms with E-state index in [0.717, 1.165) is 6.26 Å². The Morgan fingerprint density at radius 2 is 1.71 bits per heavy atom. The summed E-state index contributed by atoms with van der Waals surface area (Å²) in [7, 11) is -5.83. The zero-order chi connectivity index (χ0) is 16.3. The minimum absolute atomic E-state index is 0.0122. The third-order valence-corrected chi connectivity index (χ3v) is 5.45. The monoisotopic (exact) mass is 336 g/mol. The molecule has 1 aromatic carbocycles. The van der Waals surface area contributed by atoms with Crippen molar-refractivity contribution in [3.8, 4) is 5.75 Å². The van der Waals surface area contributed by atoms with Crippen LogP contribution in [0.15, 0.2) is 23.1 Å². The van der Waals surface area contributed by atoms with Crippen LogP contribution in [0.3, 0.4) is 0 Å². The molecule has 0 heterocycles. The Labute approximate surface area is 126 Å². The summed E-state index contributed by atoms with van der Waals surface area (Å²) in [5.41, 5.74) is 0.0910. The fourth-order valence-corrected chi connectivity index (χ4v) is 3.88. The number of hydrogen-bond acceptors (Lipinski definition) is 5. The molecule has 0 radical (unpaired) electrons. The van der Waals surface area contributed by atoms with Crippen molar-refractivity contribution in [2.45, 2.75) is 18.7 Å². The molecule has 9 heteroatoms. The molecule has 7 nitrogen and oxygen atoms in total. The van der Waals surface area contributed by atoms with Gasteiger partial charge in [-0.15, -0.1) is 0 Å². The van der Waals surface area contributed by atoms with E-state index in [1.165, 1.54) is 29.6 Å². The summed E-state index contributed by atoms with van der Waals surface area (Å²) in [5.74, 6) is 0.249. The van der Waals surface area contributed by atoms with Crippen LogP contribution in [-0.2, 0) is 20.0 Å². The number of nitrogens with zero attached hydrogens (tertiary/aromatic N) is 1. The fourth-order valence-electron chi connectivity index (χ4n) is 1.84. The van der Waals surface area contributed by atoms with Gasteiger partial charge in [-0.1, -0.05) is 13.8 Å². The maximum absolute atomic E-state index is 12.4. The number of sulfonamides is 2. The molecule has 1 aromatic rings. The SMILES string of the molecule is CCN(CC)S(=O)(=O)c1ccc(OC)c(NS(C)(=O)=O)c1. The quantitative estimate of drug-likeness (QED) is 0.805. The molecule has 0 fully saturated rings. The molecule has 21 heavy (non-hydrogen) atoms. The minimum Gasteiger partial charge on any atom is -0.495 e. The summed E-state index contributed by atoms with van der Waals surface area (Å²) >= 11 is 0. The lowest BCUT2D eigenvalue weighted by atomic mass is 10.3. The van der Waals surface area contributed by atoms with Crippen molar-refractivity contribution in [3.63, 3.8) is 0 Å². The van der Waals surface area contributed by atoms with E-state index in [1.54, 1.807) is 13.8 Å². The van der Waals surface area contributed by atoms with Gasteiger partial charge in [-0.3, -0.25) is 4.72 Å². The molecular formula is C12H20N2O5S2. The lowest BCUT2D eigenvalue weighted by Crippen LogP contribution is -2.30. The van der Waals surface area contributed by atoms with Crippen molar-refractivity contribution in [2.24, 2.45) is 0 Å². The van der Waals surface area contributed by atoms with Crippen LogP contribution in [0, 0.1) is 0 Å². The third kappa shape index (κ3) is 4.32. The fraction of sp³-hybridized carbons (Fsp3) is 0.500. The first kappa shape index (κ1) is 17.7. The summed E-state index contributed by atoms with van der Waals surface area (Å²) < 4.78 is 56.1. The number of nitrogens with one attached hydrogen (secondary N) is 1. The highest BCUT2D eigenvalue weighted by Gasteiger charge is 2.23. The average Bonchev–Trinajstić information content (AvgIpc) is 2.37. The molecule has 0 spiro atoms. The molecule has 0 bridgehead atoms. The molecule has 0 aliphatic rings. The van der Waals surface area contributed by atoms with Gasteiger partial charge in [0.2, 0.25) is 20.0 Å². The second-order valence-corrected chi connectivity index (χ2v) is 8.01. The Kier molecular flexibility index (Phi) is 5.60. The van der Waals surface area contributed by atoms with E-state index in [9.17, 15) is 16.8 Å². The van der Waals surface area contributed by atoms with E-state index in [4.69, 9.17) is 4.74 Å². The number of methoxy groups -OCH3 is 1. The zero-order valence-electron chi connectivity index (χ0n) is 12.5. The van der Waals surface area contributed by atoms with Crippen LogP contribution < -0.4 is 9.46 Å². The van der Waals surface area contributed by atoms with Crippen molar-refractivity contribution in [1.29, 1.82) is 0 Å².